The van der Waals surface area contributed by atoms with Crippen molar-refractivity contribution in [3.63, 3.8) is 0 Å². The van der Waals surface area contributed by atoms with Gasteiger partial charge in [-0.1, -0.05) is 15.9 Å². The summed E-state index contributed by atoms with van der Waals surface area (Å²) in [5, 5.41) is 0.904. The monoisotopic (exact) mass is 265 g/mol. The number of carbonyl (C=O) groups excluding carboxylic acids is 2. The van der Waals surface area contributed by atoms with Gasteiger partial charge in [-0.2, -0.15) is 0 Å². The normalized spacial score (nSPS) is 9.64. The molecule has 0 aromatic carbocycles. The molecular weight excluding hydrogens is 250 g/mol. The summed E-state index contributed by atoms with van der Waals surface area (Å²) >= 11 is 3.29. The van der Waals surface area contributed by atoms with Gasteiger partial charge in [0.15, 0.2) is 0 Å². The predicted octanol–water partition coefficient (Wildman–Crippen LogP) is 1.18. The molecule has 0 N–H and O–H groups in total. The van der Waals surface area contributed by atoms with Crippen molar-refractivity contribution < 1.29 is 14.3 Å². The van der Waals surface area contributed by atoms with Crippen molar-refractivity contribution >= 4 is 27.8 Å². The lowest BCUT2D eigenvalue weighted by Crippen LogP contribution is -2.32. The predicted molar refractivity (Wildman–Crippen MR) is 57.3 cm³/mol. The number of carbonyl (C=O) groups is 2. The minimum absolute atomic E-state index is 0.0173. The van der Waals surface area contributed by atoms with Crippen LogP contribution in [0.2, 0.25) is 0 Å². The molecule has 0 fully saturated rings. The van der Waals surface area contributed by atoms with Crippen molar-refractivity contribution in [3.8, 4) is 0 Å². The first-order valence-electron chi connectivity index (χ1n) is 4.48. The molecule has 82 valence electrons. The molecule has 0 aliphatic heterocycles. The molecule has 0 heterocycles. The van der Waals surface area contributed by atoms with Gasteiger partial charge in [-0.05, 0) is 12.8 Å². The van der Waals surface area contributed by atoms with Crippen LogP contribution in [0, 0.1) is 0 Å². The molecule has 14 heavy (non-hydrogen) atoms. The highest BCUT2D eigenvalue weighted by Gasteiger charge is 2.11. The zero-order valence-corrected chi connectivity index (χ0v) is 10.2. The van der Waals surface area contributed by atoms with E-state index in [1.165, 1.54) is 12.0 Å². The zero-order valence-electron chi connectivity index (χ0n) is 8.59. The Morgan fingerprint density at radius 1 is 1.36 bits per heavy atom. The Kier molecular flexibility index (Phi) is 7.47. The molecule has 0 aliphatic carbocycles. The summed E-state index contributed by atoms with van der Waals surface area (Å²) in [5.41, 5.74) is 0. The summed E-state index contributed by atoms with van der Waals surface area (Å²) in [7, 11) is 2.92. The highest BCUT2D eigenvalue weighted by molar-refractivity contribution is 9.09. The second kappa shape index (κ2) is 7.79. The van der Waals surface area contributed by atoms with Crippen LogP contribution in [0.15, 0.2) is 0 Å². The van der Waals surface area contributed by atoms with Gasteiger partial charge in [0.2, 0.25) is 5.91 Å². The maximum atomic E-state index is 11.4. The summed E-state index contributed by atoms with van der Waals surface area (Å²) < 4.78 is 4.46. The van der Waals surface area contributed by atoms with Crippen LogP contribution in [0.5, 0.6) is 0 Å². The molecule has 0 saturated carbocycles. The average molecular weight is 266 g/mol. The van der Waals surface area contributed by atoms with E-state index in [-0.39, 0.29) is 18.4 Å². The van der Waals surface area contributed by atoms with E-state index < -0.39 is 0 Å². The third-order valence-electron chi connectivity index (χ3n) is 1.79. The van der Waals surface area contributed by atoms with Gasteiger partial charge in [0.05, 0.1) is 7.11 Å². The molecule has 4 nitrogen and oxygen atoms in total. The molecule has 1 amide bonds. The van der Waals surface area contributed by atoms with E-state index in [9.17, 15) is 9.59 Å². The fraction of sp³-hybridized carbons (Fsp3) is 0.778. The van der Waals surface area contributed by atoms with Gasteiger partial charge in [-0.15, -0.1) is 0 Å². The van der Waals surface area contributed by atoms with Crippen LogP contribution >= 0.6 is 15.9 Å². The molecule has 0 aromatic rings. The number of halogens is 1. The zero-order chi connectivity index (χ0) is 11.0. The number of ether oxygens (including phenoxy) is 1. The van der Waals surface area contributed by atoms with Crippen LogP contribution < -0.4 is 0 Å². The number of unbranched alkanes of at least 4 members (excludes halogenated alkanes) is 1. The van der Waals surface area contributed by atoms with Crippen LogP contribution in [0.4, 0.5) is 0 Å². The smallest absolute Gasteiger partial charge is 0.325 e. The Morgan fingerprint density at radius 2 is 2.00 bits per heavy atom. The van der Waals surface area contributed by atoms with E-state index in [2.05, 4.69) is 20.7 Å². The number of nitrogens with zero attached hydrogens (tertiary/aromatic N) is 1. The van der Waals surface area contributed by atoms with E-state index in [0.717, 1.165) is 18.2 Å². The van der Waals surface area contributed by atoms with Crippen LogP contribution in [0.3, 0.4) is 0 Å². The third kappa shape index (κ3) is 5.96. The van der Waals surface area contributed by atoms with Gasteiger partial charge in [0, 0.05) is 18.8 Å². The van der Waals surface area contributed by atoms with Crippen LogP contribution in [0.25, 0.3) is 0 Å². The topological polar surface area (TPSA) is 46.6 Å². The summed E-state index contributed by atoms with van der Waals surface area (Å²) in [6, 6.07) is 0. The summed E-state index contributed by atoms with van der Waals surface area (Å²) in [5.74, 6) is -0.405. The van der Waals surface area contributed by atoms with Crippen LogP contribution in [0.1, 0.15) is 19.3 Å². The Morgan fingerprint density at radius 3 is 2.50 bits per heavy atom. The number of hydrogen-bond acceptors (Lipinski definition) is 3. The number of likely N-dealkylation sites (N-methyl/N-ethyl adjacent to an activating group) is 1. The number of hydrogen-bond donors (Lipinski definition) is 0. The minimum Gasteiger partial charge on any atom is -0.468 e. The van der Waals surface area contributed by atoms with Gasteiger partial charge in [-0.25, -0.2) is 0 Å². The van der Waals surface area contributed by atoms with Crippen LogP contribution in [-0.2, 0) is 14.3 Å². The van der Waals surface area contributed by atoms with Crippen LogP contribution in [-0.4, -0.2) is 42.8 Å². The van der Waals surface area contributed by atoms with Gasteiger partial charge >= 0.3 is 5.97 Å². The Balaban J connectivity index is 3.70. The fourth-order valence-corrected chi connectivity index (χ4v) is 1.30. The first-order valence-corrected chi connectivity index (χ1v) is 5.60. The van der Waals surface area contributed by atoms with Crippen molar-refractivity contribution in [1.82, 2.24) is 4.90 Å². The second-order valence-electron chi connectivity index (χ2n) is 2.97. The molecule has 0 bridgehead atoms. The Bertz CT molecular complexity index is 196. The summed E-state index contributed by atoms with van der Waals surface area (Å²) in [4.78, 5) is 23.6. The van der Waals surface area contributed by atoms with Crippen molar-refractivity contribution in [2.24, 2.45) is 0 Å². The highest BCUT2D eigenvalue weighted by Crippen LogP contribution is 2.01. The first-order chi connectivity index (χ1) is 6.61. The number of esters is 1. The van der Waals surface area contributed by atoms with E-state index in [1.54, 1.807) is 7.05 Å². The van der Waals surface area contributed by atoms with Crippen molar-refractivity contribution in [1.29, 1.82) is 0 Å². The van der Waals surface area contributed by atoms with Gasteiger partial charge in [-0.3, -0.25) is 9.59 Å². The molecule has 0 spiro atoms. The Labute approximate surface area is 92.7 Å². The van der Waals surface area contributed by atoms with E-state index in [4.69, 9.17) is 0 Å². The van der Waals surface area contributed by atoms with E-state index in [1.807, 2.05) is 0 Å². The molecule has 0 unspecified atom stereocenters. The molecule has 0 saturated heterocycles. The molecule has 0 aromatic heterocycles. The summed E-state index contributed by atoms with van der Waals surface area (Å²) in [6.45, 7) is 0.0314. The van der Waals surface area contributed by atoms with Crippen molar-refractivity contribution in [2.45, 2.75) is 19.3 Å². The molecule has 0 rings (SSSR count). The van der Waals surface area contributed by atoms with Crippen molar-refractivity contribution in [3.05, 3.63) is 0 Å². The maximum Gasteiger partial charge on any atom is 0.325 e. The molecular formula is C9H16BrNO3. The van der Waals surface area contributed by atoms with Gasteiger partial charge < -0.3 is 9.64 Å². The number of alkyl halides is 1. The Hall–Kier alpha value is -0.580. The van der Waals surface area contributed by atoms with Crippen molar-refractivity contribution in [2.75, 3.05) is 26.0 Å². The minimum atomic E-state index is -0.388. The second-order valence-corrected chi connectivity index (χ2v) is 3.77. The van der Waals surface area contributed by atoms with Gasteiger partial charge in [0.25, 0.3) is 0 Å². The highest BCUT2D eigenvalue weighted by atomic mass is 79.9. The quantitative estimate of drug-likeness (QED) is 0.412. The number of rotatable bonds is 6. The lowest BCUT2D eigenvalue weighted by Gasteiger charge is -2.15. The lowest BCUT2D eigenvalue weighted by molar-refractivity contribution is -0.146. The lowest BCUT2D eigenvalue weighted by atomic mass is 10.2. The SMILES string of the molecule is COC(=O)CN(C)C(=O)CCCCBr. The molecule has 0 atom stereocenters. The largest absolute Gasteiger partial charge is 0.468 e. The number of amides is 1. The van der Waals surface area contributed by atoms with Gasteiger partial charge in [0.1, 0.15) is 6.54 Å². The van der Waals surface area contributed by atoms with E-state index in [0.29, 0.717) is 6.42 Å². The standard InChI is InChI=1S/C9H16BrNO3/c1-11(7-9(13)14-2)8(12)5-3-4-6-10/h3-7H2,1-2H3. The first kappa shape index (κ1) is 13.4. The maximum absolute atomic E-state index is 11.4. The van der Waals surface area contributed by atoms with E-state index >= 15 is 0 Å². The number of methoxy groups -OCH3 is 1. The fourth-order valence-electron chi connectivity index (χ4n) is 0.908. The average Bonchev–Trinajstić information content (AvgIpc) is 2.17. The summed E-state index contributed by atoms with van der Waals surface area (Å²) in [6.07, 6.45) is 2.30. The molecule has 0 aliphatic rings. The molecule has 5 heteroatoms. The molecule has 0 radical (unpaired) electrons. The third-order valence-corrected chi connectivity index (χ3v) is 2.35.